The van der Waals surface area contributed by atoms with Crippen molar-refractivity contribution in [2.75, 3.05) is 0 Å². The lowest BCUT2D eigenvalue weighted by molar-refractivity contribution is -0.399. The standard InChI is InChI=1S/C6H9N3O/c7-5(3-10)1-6-2-8-4-9-6/h2-5H,1,7H2,(H,8,9)/p+1/t5-/m0/s1. The van der Waals surface area contributed by atoms with Crippen molar-refractivity contribution >= 4 is 6.29 Å². The fourth-order valence-corrected chi connectivity index (χ4v) is 0.727. The zero-order valence-electron chi connectivity index (χ0n) is 5.58. The predicted molar refractivity (Wildman–Crippen MR) is 35.0 cm³/mol. The summed E-state index contributed by atoms with van der Waals surface area (Å²) in [6.45, 7) is 0. The first kappa shape index (κ1) is 6.95. The van der Waals surface area contributed by atoms with Crippen molar-refractivity contribution < 1.29 is 10.5 Å². The molecule has 0 fully saturated rings. The number of rotatable bonds is 3. The zero-order chi connectivity index (χ0) is 7.40. The number of quaternary nitrogens is 1. The minimum Gasteiger partial charge on any atom is -0.349 e. The number of hydrogen-bond acceptors (Lipinski definition) is 2. The summed E-state index contributed by atoms with van der Waals surface area (Å²) >= 11 is 0. The van der Waals surface area contributed by atoms with Gasteiger partial charge in [-0.15, -0.1) is 0 Å². The third-order valence-corrected chi connectivity index (χ3v) is 1.23. The molecule has 1 atom stereocenters. The van der Waals surface area contributed by atoms with Crippen LogP contribution in [0.1, 0.15) is 5.69 Å². The molecule has 0 spiro atoms. The number of aromatic nitrogens is 2. The van der Waals surface area contributed by atoms with E-state index in [2.05, 4.69) is 15.7 Å². The lowest BCUT2D eigenvalue weighted by Crippen LogP contribution is -2.62. The molecule has 0 aliphatic rings. The van der Waals surface area contributed by atoms with Crippen molar-refractivity contribution in [2.24, 2.45) is 0 Å². The Morgan fingerprint density at radius 2 is 2.70 bits per heavy atom. The van der Waals surface area contributed by atoms with Gasteiger partial charge < -0.3 is 10.7 Å². The molecule has 1 rings (SSSR count). The monoisotopic (exact) mass is 140 g/mol. The number of H-pyrrole nitrogens is 1. The van der Waals surface area contributed by atoms with E-state index in [0.717, 1.165) is 12.0 Å². The summed E-state index contributed by atoms with van der Waals surface area (Å²) in [5.74, 6) is 0. The van der Waals surface area contributed by atoms with Crippen molar-refractivity contribution in [3.8, 4) is 0 Å². The van der Waals surface area contributed by atoms with Crippen LogP contribution in [0.4, 0.5) is 0 Å². The minimum atomic E-state index is -0.166. The fourth-order valence-electron chi connectivity index (χ4n) is 0.727. The van der Waals surface area contributed by atoms with E-state index in [4.69, 9.17) is 0 Å². The highest BCUT2D eigenvalue weighted by Gasteiger charge is 2.04. The Bertz CT molecular complexity index is 195. The summed E-state index contributed by atoms with van der Waals surface area (Å²) < 4.78 is 0. The highest BCUT2D eigenvalue weighted by molar-refractivity contribution is 5.55. The minimum absolute atomic E-state index is 0.166. The predicted octanol–water partition coefficient (Wildman–Crippen LogP) is -1.24. The molecule has 0 aliphatic heterocycles. The summed E-state index contributed by atoms with van der Waals surface area (Å²) in [6.07, 6.45) is 4.76. The van der Waals surface area contributed by atoms with Gasteiger partial charge in [-0.2, -0.15) is 0 Å². The molecule has 0 bridgehead atoms. The molecular formula is C6H10N3O+. The van der Waals surface area contributed by atoms with Crippen LogP contribution in [0.25, 0.3) is 0 Å². The Kier molecular flexibility index (Phi) is 2.17. The van der Waals surface area contributed by atoms with Gasteiger partial charge in [0.25, 0.3) is 0 Å². The van der Waals surface area contributed by atoms with E-state index in [1.165, 1.54) is 0 Å². The Morgan fingerprint density at radius 3 is 3.20 bits per heavy atom. The van der Waals surface area contributed by atoms with Crippen molar-refractivity contribution in [3.63, 3.8) is 0 Å². The smallest absolute Gasteiger partial charge is 0.177 e. The molecule has 1 heterocycles. The van der Waals surface area contributed by atoms with Crippen LogP contribution < -0.4 is 5.73 Å². The Labute approximate surface area is 58.5 Å². The molecule has 4 heteroatoms. The molecule has 10 heavy (non-hydrogen) atoms. The summed E-state index contributed by atoms with van der Waals surface area (Å²) in [5, 5.41) is 0. The van der Waals surface area contributed by atoms with E-state index in [-0.39, 0.29) is 6.04 Å². The van der Waals surface area contributed by atoms with Gasteiger partial charge in [0.15, 0.2) is 6.29 Å². The van der Waals surface area contributed by atoms with E-state index in [1.54, 1.807) is 12.5 Å². The van der Waals surface area contributed by atoms with Gasteiger partial charge in [-0.3, -0.25) is 4.79 Å². The molecule has 1 aromatic heterocycles. The number of nitrogens with zero attached hydrogens (tertiary/aromatic N) is 1. The van der Waals surface area contributed by atoms with E-state index < -0.39 is 0 Å². The summed E-state index contributed by atoms with van der Waals surface area (Å²) in [7, 11) is 0. The molecule has 0 amide bonds. The number of nitrogens with one attached hydrogen (secondary N) is 1. The molecule has 0 saturated heterocycles. The van der Waals surface area contributed by atoms with Gasteiger partial charge in [0, 0.05) is 18.3 Å². The van der Waals surface area contributed by atoms with E-state index in [1.807, 2.05) is 0 Å². The van der Waals surface area contributed by atoms with Crippen molar-refractivity contribution in [2.45, 2.75) is 12.5 Å². The number of hydrogen-bond donors (Lipinski definition) is 2. The number of aromatic amines is 1. The van der Waals surface area contributed by atoms with Crippen LogP contribution >= 0.6 is 0 Å². The average Bonchev–Trinajstić information content (AvgIpc) is 2.40. The van der Waals surface area contributed by atoms with Gasteiger partial charge in [-0.25, -0.2) is 4.98 Å². The van der Waals surface area contributed by atoms with Crippen LogP contribution in [0.2, 0.25) is 0 Å². The third kappa shape index (κ3) is 1.66. The van der Waals surface area contributed by atoms with Gasteiger partial charge in [0.05, 0.1) is 6.33 Å². The average molecular weight is 140 g/mol. The summed E-state index contributed by atoms with van der Waals surface area (Å²) in [5.41, 5.74) is 4.57. The van der Waals surface area contributed by atoms with Crippen LogP contribution in [-0.2, 0) is 11.2 Å². The van der Waals surface area contributed by atoms with Gasteiger partial charge in [-0.1, -0.05) is 0 Å². The lowest BCUT2D eigenvalue weighted by Gasteiger charge is -1.94. The molecule has 0 unspecified atom stereocenters. The van der Waals surface area contributed by atoms with Gasteiger partial charge in [0.1, 0.15) is 6.04 Å². The zero-order valence-corrected chi connectivity index (χ0v) is 5.58. The van der Waals surface area contributed by atoms with Crippen LogP contribution in [-0.4, -0.2) is 22.3 Å². The first-order valence-electron chi connectivity index (χ1n) is 3.08. The molecule has 0 aromatic carbocycles. The quantitative estimate of drug-likeness (QED) is 0.515. The van der Waals surface area contributed by atoms with Crippen LogP contribution in [0.15, 0.2) is 12.5 Å². The Hall–Kier alpha value is -1.16. The highest BCUT2D eigenvalue weighted by Crippen LogP contribution is 1.92. The van der Waals surface area contributed by atoms with Crippen molar-refractivity contribution in [1.29, 1.82) is 0 Å². The molecule has 1 aromatic rings. The van der Waals surface area contributed by atoms with Crippen LogP contribution in [0, 0.1) is 0 Å². The summed E-state index contributed by atoms with van der Waals surface area (Å²) in [4.78, 5) is 16.8. The van der Waals surface area contributed by atoms with Crippen molar-refractivity contribution in [1.82, 2.24) is 9.97 Å². The Balaban J connectivity index is 2.47. The van der Waals surface area contributed by atoms with E-state index >= 15 is 0 Å². The maximum Gasteiger partial charge on any atom is 0.177 e. The second kappa shape index (κ2) is 3.12. The second-order valence-electron chi connectivity index (χ2n) is 2.18. The van der Waals surface area contributed by atoms with Crippen LogP contribution in [0.3, 0.4) is 0 Å². The first-order valence-corrected chi connectivity index (χ1v) is 3.08. The fraction of sp³-hybridized carbons (Fsp3) is 0.333. The molecule has 0 saturated carbocycles. The maximum atomic E-state index is 10.1. The van der Waals surface area contributed by atoms with Crippen molar-refractivity contribution in [3.05, 3.63) is 18.2 Å². The highest BCUT2D eigenvalue weighted by atomic mass is 16.1. The van der Waals surface area contributed by atoms with E-state index in [9.17, 15) is 4.79 Å². The lowest BCUT2D eigenvalue weighted by atomic mass is 10.2. The van der Waals surface area contributed by atoms with Gasteiger partial charge >= 0.3 is 0 Å². The molecule has 4 N–H and O–H groups in total. The first-order chi connectivity index (χ1) is 4.83. The van der Waals surface area contributed by atoms with Crippen LogP contribution in [0.5, 0.6) is 0 Å². The van der Waals surface area contributed by atoms with Gasteiger partial charge in [0.2, 0.25) is 0 Å². The number of aldehydes is 1. The number of imidazole rings is 1. The third-order valence-electron chi connectivity index (χ3n) is 1.23. The summed E-state index contributed by atoms with van der Waals surface area (Å²) in [6, 6.07) is -0.166. The topological polar surface area (TPSA) is 73.4 Å². The SMILES string of the molecule is [NH3+][C@H](C=O)Cc1cnc[nH]1. The second-order valence-corrected chi connectivity index (χ2v) is 2.18. The number of carbonyl (C=O) groups is 1. The van der Waals surface area contributed by atoms with Gasteiger partial charge in [-0.05, 0) is 0 Å². The Morgan fingerprint density at radius 1 is 1.90 bits per heavy atom. The molecule has 54 valence electrons. The largest absolute Gasteiger partial charge is 0.349 e. The number of carbonyl (C=O) groups excluding carboxylic acids is 1. The molecule has 4 nitrogen and oxygen atoms in total. The molecular weight excluding hydrogens is 130 g/mol. The molecule has 0 aliphatic carbocycles. The normalized spacial score (nSPS) is 12.9. The maximum absolute atomic E-state index is 10.1. The molecule has 0 radical (unpaired) electrons. The van der Waals surface area contributed by atoms with E-state index in [0.29, 0.717) is 6.42 Å².